The van der Waals surface area contributed by atoms with Gasteiger partial charge in [0.15, 0.2) is 0 Å². The van der Waals surface area contributed by atoms with Gasteiger partial charge in [-0.2, -0.15) is 0 Å². The summed E-state index contributed by atoms with van der Waals surface area (Å²) in [6.07, 6.45) is 1.01. The van der Waals surface area contributed by atoms with E-state index < -0.39 is 0 Å². The first-order valence-corrected chi connectivity index (χ1v) is 5.40. The topological polar surface area (TPSA) is 23.5 Å². The second kappa shape index (κ2) is 5.29. The highest BCUT2D eigenvalue weighted by Gasteiger charge is 2.04. The van der Waals surface area contributed by atoms with Crippen LogP contribution in [0.4, 0.5) is 0 Å². The maximum Gasteiger partial charge on any atom is 0.0954 e. The molecule has 0 amide bonds. The van der Waals surface area contributed by atoms with Crippen LogP contribution in [-0.4, -0.2) is 30.3 Å². The van der Waals surface area contributed by atoms with Crippen molar-refractivity contribution in [3.8, 4) is 0 Å². The highest BCUT2D eigenvalue weighted by molar-refractivity contribution is 5.37. The molecule has 0 fully saturated rings. The Hall–Kier alpha value is -0.860. The first kappa shape index (κ1) is 12.2. The van der Waals surface area contributed by atoms with Crippen LogP contribution in [0.2, 0.25) is 0 Å². The van der Waals surface area contributed by atoms with Crippen LogP contribution in [0.5, 0.6) is 0 Å². The van der Waals surface area contributed by atoms with Crippen LogP contribution >= 0.6 is 0 Å². The van der Waals surface area contributed by atoms with Crippen LogP contribution < -0.4 is 0 Å². The quantitative estimate of drug-likeness (QED) is 0.764. The van der Waals surface area contributed by atoms with E-state index in [0.717, 1.165) is 13.0 Å². The number of nitrogens with zero attached hydrogens (tertiary/aromatic N) is 1. The second-order valence-electron chi connectivity index (χ2n) is 4.35. The summed E-state index contributed by atoms with van der Waals surface area (Å²) in [4.78, 5) is 1.92. The molecule has 2 nitrogen and oxygen atoms in total. The normalized spacial score (nSPS) is 11.1. The third-order valence-corrected chi connectivity index (χ3v) is 2.83. The molecule has 0 radical (unpaired) electrons. The van der Waals surface area contributed by atoms with E-state index in [9.17, 15) is 0 Å². The fourth-order valence-corrected chi connectivity index (χ4v) is 1.98. The molecule has 0 heterocycles. The maximum absolute atomic E-state index is 8.92. The predicted molar refractivity (Wildman–Crippen MR) is 64.1 cm³/mol. The summed E-state index contributed by atoms with van der Waals surface area (Å²) in [6.45, 7) is 7.48. The second-order valence-corrected chi connectivity index (χ2v) is 4.35. The largest absolute Gasteiger partial charge is 0.381 e. The average Bonchev–Trinajstić information content (AvgIpc) is 2.15. The van der Waals surface area contributed by atoms with Crippen molar-refractivity contribution in [2.75, 3.05) is 20.3 Å². The van der Waals surface area contributed by atoms with Crippen molar-refractivity contribution in [2.24, 2.45) is 0 Å². The van der Waals surface area contributed by atoms with Crippen molar-refractivity contribution in [2.45, 2.75) is 27.2 Å². The number of aliphatic hydroxyl groups is 1. The molecule has 0 aliphatic heterocycles. The van der Waals surface area contributed by atoms with Gasteiger partial charge in [-0.05, 0) is 50.9 Å². The highest BCUT2D eigenvalue weighted by Crippen LogP contribution is 2.16. The van der Waals surface area contributed by atoms with Gasteiger partial charge >= 0.3 is 0 Å². The monoisotopic (exact) mass is 207 g/mol. The van der Waals surface area contributed by atoms with Crippen molar-refractivity contribution in [3.63, 3.8) is 0 Å². The zero-order valence-electron chi connectivity index (χ0n) is 10.2. The number of hydrogen-bond acceptors (Lipinski definition) is 2. The van der Waals surface area contributed by atoms with Crippen LogP contribution in [0.15, 0.2) is 12.1 Å². The smallest absolute Gasteiger partial charge is 0.0954 e. The van der Waals surface area contributed by atoms with E-state index in [0.29, 0.717) is 0 Å². The van der Waals surface area contributed by atoms with E-state index in [1.807, 2.05) is 11.9 Å². The van der Waals surface area contributed by atoms with Gasteiger partial charge in [0.05, 0.1) is 6.73 Å². The molecule has 1 rings (SSSR count). The number of hydrogen-bond donors (Lipinski definition) is 1. The molecule has 0 spiro atoms. The standard InChI is InChI=1S/C13H21NO/c1-10-7-11(2)13(12(3)8-10)5-6-14(4)9-15/h7-8,15H,5-6,9H2,1-4H3. The van der Waals surface area contributed by atoms with Gasteiger partial charge in [-0.1, -0.05) is 17.7 Å². The van der Waals surface area contributed by atoms with Gasteiger partial charge in [0.25, 0.3) is 0 Å². The number of aliphatic hydroxyl groups excluding tert-OH is 1. The van der Waals surface area contributed by atoms with Crippen LogP contribution in [0, 0.1) is 20.8 Å². The van der Waals surface area contributed by atoms with Crippen molar-refractivity contribution in [3.05, 3.63) is 34.4 Å². The molecule has 0 atom stereocenters. The molecule has 84 valence electrons. The van der Waals surface area contributed by atoms with E-state index in [1.54, 1.807) is 0 Å². The number of rotatable bonds is 4. The summed E-state index contributed by atoms with van der Waals surface area (Å²) >= 11 is 0. The zero-order valence-corrected chi connectivity index (χ0v) is 10.2. The van der Waals surface area contributed by atoms with Gasteiger partial charge in [-0.15, -0.1) is 0 Å². The summed E-state index contributed by atoms with van der Waals surface area (Å²) in [6, 6.07) is 4.45. The van der Waals surface area contributed by atoms with Crippen LogP contribution in [0.3, 0.4) is 0 Å². The summed E-state index contributed by atoms with van der Waals surface area (Å²) in [5, 5.41) is 8.92. The maximum atomic E-state index is 8.92. The number of likely N-dealkylation sites (N-methyl/N-ethyl adjacent to an activating group) is 1. The van der Waals surface area contributed by atoms with Gasteiger partial charge in [0.1, 0.15) is 0 Å². The molecular formula is C13H21NO. The molecule has 1 N–H and O–H groups in total. The minimum Gasteiger partial charge on any atom is -0.381 e. The first-order valence-electron chi connectivity index (χ1n) is 5.40. The van der Waals surface area contributed by atoms with Crippen LogP contribution in [0.1, 0.15) is 22.3 Å². The summed E-state index contributed by atoms with van der Waals surface area (Å²) in [5.41, 5.74) is 5.46. The van der Waals surface area contributed by atoms with Gasteiger partial charge in [0.2, 0.25) is 0 Å². The fourth-order valence-electron chi connectivity index (χ4n) is 1.98. The lowest BCUT2D eigenvalue weighted by molar-refractivity contribution is 0.134. The highest BCUT2D eigenvalue weighted by atomic mass is 16.3. The van der Waals surface area contributed by atoms with Crippen molar-refractivity contribution in [1.29, 1.82) is 0 Å². The molecule has 1 aromatic carbocycles. The zero-order chi connectivity index (χ0) is 11.4. The molecule has 0 saturated heterocycles. The molecule has 1 aromatic rings. The van der Waals surface area contributed by atoms with Gasteiger partial charge < -0.3 is 5.11 Å². The Morgan fingerprint density at radius 1 is 1.13 bits per heavy atom. The SMILES string of the molecule is Cc1cc(C)c(CCN(C)CO)c(C)c1. The molecule has 0 unspecified atom stereocenters. The van der Waals surface area contributed by atoms with E-state index in [1.165, 1.54) is 22.3 Å². The Labute approximate surface area is 92.5 Å². The molecule has 0 saturated carbocycles. The Balaban J connectivity index is 2.77. The lowest BCUT2D eigenvalue weighted by atomic mass is 9.97. The minimum absolute atomic E-state index is 0.129. The Bertz CT molecular complexity index is 310. The van der Waals surface area contributed by atoms with Gasteiger partial charge in [0, 0.05) is 6.54 Å². The van der Waals surface area contributed by atoms with E-state index in [4.69, 9.17) is 5.11 Å². The molecule has 0 aliphatic carbocycles. The van der Waals surface area contributed by atoms with Crippen molar-refractivity contribution in [1.82, 2.24) is 4.90 Å². The first-order chi connectivity index (χ1) is 7.04. The third kappa shape index (κ3) is 3.33. The number of benzene rings is 1. The van der Waals surface area contributed by atoms with Gasteiger partial charge in [-0.3, -0.25) is 4.90 Å². The van der Waals surface area contributed by atoms with Crippen molar-refractivity contribution < 1.29 is 5.11 Å². The summed E-state index contributed by atoms with van der Waals surface area (Å²) < 4.78 is 0. The molecule has 15 heavy (non-hydrogen) atoms. The molecule has 0 aromatic heterocycles. The van der Waals surface area contributed by atoms with Crippen molar-refractivity contribution >= 4 is 0 Å². The van der Waals surface area contributed by atoms with E-state index >= 15 is 0 Å². The minimum atomic E-state index is 0.129. The summed E-state index contributed by atoms with van der Waals surface area (Å²) in [7, 11) is 1.93. The molecular weight excluding hydrogens is 186 g/mol. The third-order valence-electron chi connectivity index (χ3n) is 2.83. The predicted octanol–water partition coefficient (Wildman–Crippen LogP) is 2.04. The van der Waals surface area contributed by atoms with Crippen LogP contribution in [0.25, 0.3) is 0 Å². The Morgan fingerprint density at radius 3 is 2.13 bits per heavy atom. The lowest BCUT2D eigenvalue weighted by Crippen LogP contribution is -2.22. The Morgan fingerprint density at radius 2 is 1.67 bits per heavy atom. The molecule has 2 heteroatoms. The fraction of sp³-hybridized carbons (Fsp3) is 0.538. The summed E-state index contributed by atoms with van der Waals surface area (Å²) in [5.74, 6) is 0. The Kier molecular flexibility index (Phi) is 4.30. The van der Waals surface area contributed by atoms with Crippen LogP contribution in [-0.2, 0) is 6.42 Å². The average molecular weight is 207 g/mol. The lowest BCUT2D eigenvalue weighted by Gasteiger charge is -2.16. The van der Waals surface area contributed by atoms with Gasteiger partial charge in [-0.25, -0.2) is 0 Å². The van der Waals surface area contributed by atoms with E-state index in [2.05, 4.69) is 32.9 Å². The molecule has 0 bridgehead atoms. The molecule has 0 aliphatic rings. The number of aryl methyl sites for hydroxylation is 3. The van der Waals surface area contributed by atoms with E-state index in [-0.39, 0.29) is 6.73 Å².